The van der Waals surface area contributed by atoms with Gasteiger partial charge in [0.15, 0.2) is 0 Å². The minimum Gasteiger partial charge on any atom is -0.481 e. The standard InChI is InChI=1S/C14H24N2O4/c1-15(2)12(18)10-16(3)11(17)9-14(13(19)20)7-5-4-6-8-14/h4-10H2,1-3H3,(H,19,20). The van der Waals surface area contributed by atoms with Gasteiger partial charge in [0.25, 0.3) is 0 Å². The molecule has 1 rings (SSSR count). The zero-order valence-electron chi connectivity index (χ0n) is 12.5. The number of carbonyl (C=O) groups excluding carboxylic acids is 2. The van der Waals surface area contributed by atoms with Gasteiger partial charge < -0.3 is 14.9 Å². The number of amides is 2. The number of likely N-dealkylation sites (N-methyl/N-ethyl adjacent to an activating group) is 2. The smallest absolute Gasteiger partial charge is 0.310 e. The summed E-state index contributed by atoms with van der Waals surface area (Å²) in [5.41, 5.74) is -0.940. The predicted octanol–water partition coefficient (Wildman–Crippen LogP) is 0.958. The van der Waals surface area contributed by atoms with Crippen molar-refractivity contribution < 1.29 is 19.5 Å². The van der Waals surface area contributed by atoms with Crippen LogP contribution in [0.1, 0.15) is 38.5 Å². The lowest BCUT2D eigenvalue weighted by atomic mass is 9.71. The number of nitrogens with zero attached hydrogens (tertiary/aromatic N) is 2. The third-order valence-electron chi connectivity index (χ3n) is 4.05. The van der Waals surface area contributed by atoms with Crippen LogP contribution in [0.25, 0.3) is 0 Å². The molecule has 1 fully saturated rings. The molecule has 0 aromatic carbocycles. The van der Waals surface area contributed by atoms with E-state index in [0.29, 0.717) is 12.8 Å². The fraction of sp³-hybridized carbons (Fsp3) is 0.786. The zero-order chi connectivity index (χ0) is 15.3. The second-order valence-corrected chi connectivity index (χ2v) is 5.86. The highest BCUT2D eigenvalue weighted by molar-refractivity contribution is 5.88. The molecule has 114 valence electrons. The second kappa shape index (κ2) is 6.72. The summed E-state index contributed by atoms with van der Waals surface area (Å²) >= 11 is 0. The van der Waals surface area contributed by atoms with Crippen LogP contribution in [0.2, 0.25) is 0 Å². The van der Waals surface area contributed by atoms with E-state index in [9.17, 15) is 19.5 Å². The summed E-state index contributed by atoms with van der Waals surface area (Å²) in [6.45, 7) is -0.0124. The quantitative estimate of drug-likeness (QED) is 0.815. The molecule has 0 saturated heterocycles. The number of aliphatic carboxylic acids is 1. The van der Waals surface area contributed by atoms with Gasteiger partial charge in [-0.15, -0.1) is 0 Å². The molecule has 1 saturated carbocycles. The molecule has 0 spiro atoms. The molecular formula is C14H24N2O4. The van der Waals surface area contributed by atoms with Gasteiger partial charge in [-0.1, -0.05) is 19.3 Å². The third kappa shape index (κ3) is 3.95. The predicted molar refractivity (Wildman–Crippen MR) is 74.1 cm³/mol. The highest BCUT2D eigenvalue weighted by Crippen LogP contribution is 2.39. The van der Waals surface area contributed by atoms with Crippen molar-refractivity contribution in [3.05, 3.63) is 0 Å². The molecule has 0 aromatic heterocycles. The van der Waals surface area contributed by atoms with E-state index in [-0.39, 0.29) is 24.8 Å². The molecule has 0 aromatic rings. The van der Waals surface area contributed by atoms with Crippen molar-refractivity contribution in [3.8, 4) is 0 Å². The SMILES string of the molecule is CN(C)C(=O)CN(C)C(=O)CC1(C(=O)O)CCCCC1. The maximum absolute atomic E-state index is 12.2. The summed E-state index contributed by atoms with van der Waals surface area (Å²) in [5, 5.41) is 9.44. The van der Waals surface area contributed by atoms with E-state index in [1.807, 2.05) is 0 Å². The van der Waals surface area contributed by atoms with Gasteiger partial charge in [0.05, 0.1) is 12.0 Å². The maximum atomic E-state index is 12.2. The van der Waals surface area contributed by atoms with Crippen LogP contribution in [0.5, 0.6) is 0 Å². The molecule has 1 N–H and O–H groups in total. The van der Waals surface area contributed by atoms with Crippen molar-refractivity contribution in [1.29, 1.82) is 0 Å². The Bertz CT molecular complexity index is 387. The number of carbonyl (C=O) groups is 3. The first-order valence-electron chi connectivity index (χ1n) is 6.96. The summed E-state index contributed by atoms with van der Waals surface area (Å²) in [7, 11) is 4.79. The molecule has 20 heavy (non-hydrogen) atoms. The molecule has 2 amide bonds. The molecule has 6 nitrogen and oxygen atoms in total. The fourth-order valence-electron chi connectivity index (χ4n) is 2.55. The minimum atomic E-state index is -0.940. The highest BCUT2D eigenvalue weighted by Gasteiger charge is 2.42. The largest absolute Gasteiger partial charge is 0.481 e. The normalized spacial score (nSPS) is 17.4. The van der Waals surface area contributed by atoms with Gasteiger partial charge in [-0.3, -0.25) is 14.4 Å². The Balaban J connectivity index is 2.66. The highest BCUT2D eigenvalue weighted by atomic mass is 16.4. The molecular weight excluding hydrogens is 260 g/mol. The van der Waals surface area contributed by atoms with E-state index in [0.717, 1.165) is 19.3 Å². The van der Waals surface area contributed by atoms with Gasteiger partial charge in [-0.2, -0.15) is 0 Å². The first-order valence-corrected chi connectivity index (χ1v) is 6.96. The molecule has 0 radical (unpaired) electrons. The Morgan fingerprint density at radius 2 is 1.55 bits per heavy atom. The molecule has 0 atom stereocenters. The van der Waals surface area contributed by atoms with Gasteiger partial charge in [-0.25, -0.2) is 0 Å². The fourth-order valence-corrected chi connectivity index (χ4v) is 2.55. The summed E-state index contributed by atoms with van der Waals surface area (Å²) in [4.78, 5) is 38.0. The van der Waals surface area contributed by atoms with Crippen LogP contribution in [-0.2, 0) is 14.4 Å². The van der Waals surface area contributed by atoms with E-state index < -0.39 is 11.4 Å². The molecule has 1 aliphatic carbocycles. The number of hydrogen-bond acceptors (Lipinski definition) is 3. The van der Waals surface area contributed by atoms with E-state index in [1.165, 1.54) is 9.80 Å². The lowest BCUT2D eigenvalue weighted by Gasteiger charge is -2.33. The lowest BCUT2D eigenvalue weighted by molar-refractivity contribution is -0.156. The van der Waals surface area contributed by atoms with Crippen molar-refractivity contribution in [2.75, 3.05) is 27.7 Å². The van der Waals surface area contributed by atoms with Gasteiger partial charge in [-0.05, 0) is 12.8 Å². The van der Waals surface area contributed by atoms with Crippen LogP contribution < -0.4 is 0 Å². The van der Waals surface area contributed by atoms with Gasteiger partial charge in [0, 0.05) is 27.6 Å². The monoisotopic (exact) mass is 284 g/mol. The van der Waals surface area contributed by atoms with Crippen molar-refractivity contribution in [2.45, 2.75) is 38.5 Å². The summed E-state index contributed by atoms with van der Waals surface area (Å²) in [5.74, 6) is -1.34. The Kier molecular flexibility index (Phi) is 5.53. The molecule has 0 bridgehead atoms. The minimum absolute atomic E-state index is 0.0124. The number of hydrogen-bond donors (Lipinski definition) is 1. The second-order valence-electron chi connectivity index (χ2n) is 5.86. The van der Waals surface area contributed by atoms with Crippen molar-refractivity contribution in [1.82, 2.24) is 9.80 Å². The van der Waals surface area contributed by atoms with E-state index in [1.54, 1.807) is 21.1 Å². The average Bonchev–Trinajstić information content (AvgIpc) is 2.39. The number of carboxylic acids is 1. The maximum Gasteiger partial charge on any atom is 0.310 e. The van der Waals surface area contributed by atoms with Crippen LogP contribution in [0.15, 0.2) is 0 Å². The van der Waals surface area contributed by atoms with Crippen LogP contribution in [0, 0.1) is 5.41 Å². The molecule has 6 heteroatoms. The number of carboxylic acid groups (broad SMARTS) is 1. The van der Waals surface area contributed by atoms with E-state index in [2.05, 4.69) is 0 Å². The zero-order valence-corrected chi connectivity index (χ0v) is 12.5. The lowest BCUT2D eigenvalue weighted by Crippen LogP contribution is -2.42. The Morgan fingerprint density at radius 3 is 2.00 bits per heavy atom. The van der Waals surface area contributed by atoms with Gasteiger partial charge in [0.1, 0.15) is 0 Å². The topological polar surface area (TPSA) is 77.9 Å². The molecule has 0 aliphatic heterocycles. The third-order valence-corrected chi connectivity index (χ3v) is 4.05. The average molecular weight is 284 g/mol. The van der Waals surface area contributed by atoms with Crippen LogP contribution in [0.3, 0.4) is 0 Å². The van der Waals surface area contributed by atoms with E-state index >= 15 is 0 Å². The molecule has 0 heterocycles. The van der Waals surface area contributed by atoms with E-state index in [4.69, 9.17) is 0 Å². The summed E-state index contributed by atoms with van der Waals surface area (Å²) < 4.78 is 0. The van der Waals surface area contributed by atoms with Crippen LogP contribution in [0.4, 0.5) is 0 Å². The molecule has 0 unspecified atom stereocenters. The first kappa shape index (κ1) is 16.5. The van der Waals surface area contributed by atoms with Crippen molar-refractivity contribution >= 4 is 17.8 Å². The molecule has 1 aliphatic rings. The Labute approximate surface area is 119 Å². The Hall–Kier alpha value is -1.59. The first-order chi connectivity index (χ1) is 9.28. The van der Waals surface area contributed by atoms with Gasteiger partial charge >= 0.3 is 5.97 Å². The van der Waals surface area contributed by atoms with Crippen LogP contribution >= 0.6 is 0 Å². The number of rotatable bonds is 5. The summed E-state index contributed by atoms with van der Waals surface area (Å²) in [6, 6.07) is 0. The summed E-state index contributed by atoms with van der Waals surface area (Å²) in [6.07, 6.45) is 3.80. The van der Waals surface area contributed by atoms with Crippen LogP contribution in [-0.4, -0.2) is 60.4 Å². The van der Waals surface area contributed by atoms with Gasteiger partial charge in [0.2, 0.25) is 11.8 Å². The van der Waals surface area contributed by atoms with Crippen molar-refractivity contribution in [3.63, 3.8) is 0 Å². The van der Waals surface area contributed by atoms with Crippen molar-refractivity contribution in [2.24, 2.45) is 5.41 Å². The Morgan fingerprint density at radius 1 is 1.00 bits per heavy atom.